The van der Waals surface area contributed by atoms with Crippen molar-refractivity contribution >= 4 is 35.2 Å². The highest BCUT2D eigenvalue weighted by Crippen LogP contribution is 2.34. The van der Waals surface area contributed by atoms with Crippen LogP contribution in [0.1, 0.15) is 40.5 Å². The average molecular weight is 431 g/mol. The highest BCUT2D eigenvalue weighted by molar-refractivity contribution is 6.12. The maximum atomic E-state index is 13.4. The summed E-state index contributed by atoms with van der Waals surface area (Å²) in [5, 5.41) is 15.1. The summed E-state index contributed by atoms with van der Waals surface area (Å²) in [6.45, 7) is 7.64. The standard InChI is InChI=1S/C22H30N4O5/c1-12(2)17(20(28)25-11-7-10-16(25)21(29)30)24-22(31)26-15-9-6-5-8-14(15)23-19(27)18(26)13(3)4/h5-6,8-9,12-13,16-18H,7,10-11H2,1-4H3,(H,23,27)(H,24,31)(H,29,30)/t16-,17-,18+/m0/s1. The van der Waals surface area contributed by atoms with Crippen molar-refractivity contribution in [2.24, 2.45) is 11.8 Å². The third kappa shape index (κ3) is 4.35. The van der Waals surface area contributed by atoms with Gasteiger partial charge in [-0.1, -0.05) is 39.8 Å². The van der Waals surface area contributed by atoms with Crippen molar-refractivity contribution in [3.05, 3.63) is 24.3 Å². The number of anilines is 2. The van der Waals surface area contributed by atoms with Gasteiger partial charge in [-0.3, -0.25) is 14.5 Å². The van der Waals surface area contributed by atoms with Crippen molar-refractivity contribution in [1.29, 1.82) is 0 Å². The van der Waals surface area contributed by atoms with Crippen LogP contribution in [-0.4, -0.2) is 58.5 Å². The topological polar surface area (TPSA) is 119 Å². The van der Waals surface area contributed by atoms with E-state index >= 15 is 0 Å². The first-order valence-electron chi connectivity index (χ1n) is 10.7. The lowest BCUT2D eigenvalue weighted by Crippen LogP contribution is -2.61. The summed E-state index contributed by atoms with van der Waals surface area (Å²) in [4.78, 5) is 53.6. The Morgan fingerprint density at radius 2 is 1.84 bits per heavy atom. The fraction of sp³-hybridized carbons (Fsp3) is 0.545. The molecule has 0 radical (unpaired) electrons. The quantitative estimate of drug-likeness (QED) is 0.662. The van der Waals surface area contributed by atoms with Crippen LogP contribution in [0.2, 0.25) is 0 Å². The second kappa shape index (κ2) is 8.95. The number of para-hydroxylation sites is 2. The van der Waals surface area contributed by atoms with Gasteiger partial charge in [0.05, 0.1) is 11.4 Å². The molecule has 0 spiro atoms. The molecule has 2 aliphatic heterocycles. The maximum absolute atomic E-state index is 13.4. The molecule has 1 aromatic rings. The van der Waals surface area contributed by atoms with Crippen molar-refractivity contribution in [3.63, 3.8) is 0 Å². The van der Waals surface area contributed by atoms with E-state index in [1.54, 1.807) is 38.1 Å². The number of hydrogen-bond acceptors (Lipinski definition) is 4. The Kier molecular flexibility index (Phi) is 6.52. The fourth-order valence-electron chi connectivity index (χ4n) is 4.28. The van der Waals surface area contributed by atoms with E-state index < -0.39 is 36.0 Å². The minimum Gasteiger partial charge on any atom is -0.480 e. The number of carbonyl (C=O) groups is 4. The number of aliphatic carboxylic acids is 1. The number of fused-ring (bicyclic) bond motifs is 1. The molecule has 0 saturated carbocycles. The molecule has 31 heavy (non-hydrogen) atoms. The summed E-state index contributed by atoms with van der Waals surface area (Å²) in [6.07, 6.45) is 1.01. The van der Waals surface area contributed by atoms with E-state index in [0.29, 0.717) is 30.8 Å². The molecular formula is C22H30N4O5. The van der Waals surface area contributed by atoms with Gasteiger partial charge in [0.25, 0.3) is 0 Å². The SMILES string of the molecule is CC(C)[C@H](NC(=O)N1c2ccccc2NC(=O)[C@H]1C(C)C)C(=O)N1CCC[C@H]1C(=O)O. The van der Waals surface area contributed by atoms with Crippen LogP contribution in [-0.2, 0) is 14.4 Å². The molecule has 2 aliphatic rings. The third-order valence-corrected chi connectivity index (χ3v) is 5.85. The molecule has 4 amide bonds. The zero-order chi connectivity index (χ0) is 22.9. The van der Waals surface area contributed by atoms with E-state index in [2.05, 4.69) is 10.6 Å². The summed E-state index contributed by atoms with van der Waals surface area (Å²) in [5.41, 5.74) is 1.08. The van der Waals surface area contributed by atoms with E-state index in [0.717, 1.165) is 0 Å². The highest BCUT2D eigenvalue weighted by atomic mass is 16.4. The van der Waals surface area contributed by atoms with E-state index in [1.807, 2.05) is 13.8 Å². The predicted molar refractivity (Wildman–Crippen MR) is 116 cm³/mol. The van der Waals surface area contributed by atoms with Crippen molar-refractivity contribution in [3.8, 4) is 0 Å². The van der Waals surface area contributed by atoms with Gasteiger partial charge in [0, 0.05) is 6.54 Å². The van der Waals surface area contributed by atoms with Crippen molar-refractivity contribution in [2.45, 2.75) is 58.7 Å². The van der Waals surface area contributed by atoms with Crippen LogP contribution in [0, 0.1) is 11.8 Å². The van der Waals surface area contributed by atoms with Gasteiger partial charge in [-0.2, -0.15) is 0 Å². The predicted octanol–water partition coefficient (Wildman–Crippen LogP) is 2.28. The first-order chi connectivity index (χ1) is 14.6. The van der Waals surface area contributed by atoms with Gasteiger partial charge < -0.3 is 20.6 Å². The van der Waals surface area contributed by atoms with Gasteiger partial charge in [-0.05, 0) is 36.8 Å². The molecule has 3 rings (SSSR count). The first-order valence-corrected chi connectivity index (χ1v) is 10.7. The van der Waals surface area contributed by atoms with Gasteiger partial charge in [0.2, 0.25) is 11.8 Å². The molecule has 1 saturated heterocycles. The number of hydrogen-bond donors (Lipinski definition) is 3. The molecule has 3 atom stereocenters. The Morgan fingerprint density at radius 1 is 1.16 bits per heavy atom. The third-order valence-electron chi connectivity index (χ3n) is 5.85. The molecule has 0 aromatic heterocycles. The number of urea groups is 1. The van der Waals surface area contributed by atoms with Gasteiger partial charge in [-0.15, -0.1) is 0 Å². The molecule has 0 unspecified atom stereocenters. The second-order valence-electron chi connectivity index (χ2n) is 8.76. The number of benzene rings is 1. The molecule has 3 N–H and O–H groups in total. The smallest absolute Gasteiger partial charge is 0.326 e. The number of nitrogens with one attached hydrogen (secondary N) is 2. The zero-order valence-electron chi connectivity index (χ0n) is 18.3. The molecule has 0 aliphatic carbocycles. The van der Waals surface area contributed by atoms with Gasteiger partial charge in [0.1, 0.15) is 18.1 Å². The Balaban J connectivity index is 1.90. The molecular weight excluding hydrogens is 400 g/mol. The van der Waals surface area contributed by atoms with Crippen molar-refractivity contribution in [1.82, 2.24) is 10.2 Å². The molecule has 2 heterocycles. The highest BCUT2D eigenvalue weighted by Gasteiger charge is 2.42. The van der Waals surface area contributed by atoms with Crippen LogP contribution in [0.4, 0.5) is 16.2 Å². The lowest BCUT2D eigenvalue weighted by Gasteiger charge is -2.39. The summed E-state index contributed by atoms with van der Waals surface area (Å²) in [6, 6.07) is 3.93. The van der Waals surface area contributed by atoms with Crippen LogP contribution in [0.3, 0.4) is 0 Å². The Bertz CT molecular complexity index is 884. The largest absolute Gasteiger partial charge is 0.480 e. The molecule has 9 nitrogen and oxygen atoms in total. The van der Waals surface area contributed by atoms with Gasteiger partial charge in [-0.25, -0.2) is 9.59 Å². The van der Waals surface area contributed by atoms with Crippen LogP contribution in [0.5, 0.6) is 0 Å². The van der Waals surface area contributed by atoms with Gasteiger partial charge in [0.15, 0.2) is 0 Å². The fourth-order valence-corrected chi connectivity index (χ4v) is 4.28. The minimum atomic E-state index is -1.04. The number of carboxylic acid groups (broad SMARTS) is 1. The number of nitrogens with zero attached hydrogens (tertiary/aromatic N) is 2. The Labute approximate surface area is 181 Å². The molecule has 0 bridgehead atoms. The summed E-state index contributed by atoms with van der Waals surface area (Å²) in [5.74, 6) is -2.17. The maximum Gasteiger partial charge on any atom is 0.326 e. The number of amides is 4. The van der Waals surface area contributed by atoms with E-state index in [9.17, 15) is 24.3 Å². The zero-order valence-corrected chi connectivity index (χ0v) is 18.3. The van der Waals surface area contributed by atoms with Crippen molar-refractivity contribution in [2.75, 3.05) is 16.8 Å². The Morgan fingerprint density at radius 3 is 2.45 bits per heavy atom. The van der Waals surface area contributed by atoms with E-state index in [1.165, 1.54) is 9.80 Å². The number of carbonyl (C=O) groups excluding carboxylic acids is 3. The normalized spacial score (nSPS) is 21.7. The lowest BCUT2D eigenvalue weighted by molar-refractivity contribution is -0.149. The number of likely N-dealkylation sites (tertiary alicyclic amines) is 1. The van der Waals surface area contributed by atoms with Crippen molar-refractivity contribution < 1.29 is 24.3 Å². The first kappa shape index (κ1) is 22.6. The molecule has 168 valence electrons. The molecule has 1 aromatic carbocycles. The van der Waals surface area contributed by atoms with Crippen LogP contribution in [0.15, 0.2) is 24.3 Å². The molecule has 9 heteroatoms. The monoisotopic (exact) mass is 430 g/mol. The summed E-state index contributed by atoms with van der Waals surface area (Å²) >= 11 is 0. The van der Waals surface area contributed by atoms with Crippen LogP contribution in [0.25, 0.3) is 0 Å². The molecule has 1 fully saturated rings. The van der Waals surface area contributed by atoms with E-state index in [-0.39, 0.29) is 17.7 Å². The van der Waals surface area contributed by atoms with Crippen LogP contribution >= 0.6 is 0 Å². The summed E-state index contributed by atoms with van der Waals surface area (Å²) < 4.78 is 0. The number of rotatable bonds is 5. The van der Waals surface area contributed by atoms with Crippen LogP contribution < -0.4 is 15.5 Å². The van der Waals surface area contributed by atoms with Gasteiger partial charge >= 0.3 is 12.0 Å². The Hall–Kier alpha value is -3.10. The summed E-state index contributed by atoms with van der Waals surface area (Å²) in [7, 11) is 0. The number of carboxylic acids is 1. The minimum absolute atomic E-state index is 0.165. The van der Waals surface area contributed by atoms with E-state index in [4.69, 9.17) is 0 Å². The lowest BCUT2D eigenvalue weighted by atomic mass is 9.97. The second-order valence-corrected chi connectivity index (χ2v) is 8.76. The average Bonchev–Trinajstić information content (AvgIpc) is 3.20.